The van der Waals surface area contributed by atoms with Crippen molar-refractivity contribution in [2.45, 2.75) is 19.9 Å². The smallest absolute Gasteiger partial charge is 0.342 e. The summed E-state index contributed by atoms with van der Waals surface area (Å²) in [6.07, 6.45) is 0.800. The third kappa shape index (κ3) is 3.22. The fourth-order valence-corrected chi connectivity index (χ4v) is 3.88. The summed E-state index contributed by atoms with van der Waals surface area (Å²) >= 11 is 0. The van der Waals surface area contributed by atoms with Crippen molar-refractivity contribution < 1.29 is 19.0 Å². The molecule has 1 aliphatic rings. The number of methoxy groups -OCH3 is 3. The van der Waals surface area contributed by atoms with Crippen LogP contribution in [0.5, 0.6) is 11.5 Å². The molecule has 0 radical (unpaired) electrons. The molecule has 30 heavy (non-hydrogen) atoms. The van der Waals surface area contributed by atoms with Crippen molar-refractivity contribution in [3.63, 3.8) is 0 Å². The minimum Gasteiger partial charge on any atom is -0.493 e. The molecule has 4 rings (SSSR count). The third-order valence-electron chi connectivity index (χ3n) is 5.37. The highest BCUT2D eigenvalue weighted by Crippen LogP contribution is 2.45. The molecule has 0 bridgehead atoms. The van der Waals surface area contributed by atoms with Crippen LogP contribution in [0.4, 0.5) is 11.4 Å². The fraction of sp³-hybridized carbons (Fsp3) is 0.261. The van der Waals surface area contributed by atoms with Crippen LogP contribution in [0.3, 0.4) is 0 Å². The molecule has 7 nitrogen and oxygen atoms in total. The van der Waals surface area contributed by atoms with Gasteiger partial charge < -0.3 is 18.8 Å². The molecule has 2 heterocycles. The summed E-state index contributed by atoms with van der Waals surface area (Å²) in [5, 5.41) is 8.78. The van der Waals surface area contributed by atoms with Gasteiger partial charge in [-0.15, -0.1) is 5.11 Å². The number of nitrogens with zero attached hydrogens (tertiary/aromatic N) is 3. The number of carbonyl (C=O) groups is 1. The topological polar surface area (TPSA) is 74.4 Å². The van der Waals surface area contributed by atoms with Crippen LogP contribution in [0.15, 0.2) is 52.7 Å². The molecule has 0 spiro atoms. The highest BCUT2D eigenvalue weighted by molar-refractivity contribution is 6.03. The predicted molar refractivity (Wildman–Crippen MR) is 113 cm³/mol. The van der Waals surface area contributed by atoms with E-state index in [2.05, 4.69) is 14.8 Å². The number of benzene rings is 2. The Kier molecular flexibility index (Phi) is 5.27. The number of hydrogen-bond donors (Lipinski definition) is 0. The number of rotatable bonds is 5. The highest BCUT2D eigenvalue weighted by atomic mass is 16.5. The zero-order valence-electron chi connectivity index (χ0n) is 17.4. The largest absolute Gasteiger partial charge is 0.493 e. The van der Waals surface area contributed by atoms with E-state index >= 15 is 0 Å². The van der Waals surface area contributed by atoms with E-state index in [9.17, 15) is 4.79 Å². The van der Waals surface area contributed by atoms with E-state index < -0.39 is 5.97 Å². The lowest BCUT2D eigenvalue weighted by Gasteiger charge is -2.23. The average Bonchev–Trinajstić information content (AvgIpc) is 3.08. The Morgan fingerprint density at radius 3 is 2.37 bits per heavy atom. The van der Waals surface area contributed by atoms with Gasteiger partial charge in [-0.05, 0) is 43.2 Å². The fourth-order valence-electron chi connectivity index (χ4n) is 3.88. The van der Waals surface area contributed by atoms with E-state index in [1.807, 2.05) is 49.4 Å². The Labute approximate surface area is 174 Å². The van der Waals surface area contributed by atoms with Crippen molar-refractivity contribution in [2.24, 2.45) is 10.2 Å². The van der Waals surface area contributed by atoms with E-state index in [0.29, 0.717) is 35.0 Å². The monoisotopic (exact) mass is 405 g/mol. The highest BCUT2D eigenvalue weighted by Gasteiger charge is 2.31. The molecule has 2 aromatic carbocycles. The van der Waals surface area contributed by atoms with Gasteiger partial charge in [0, 0.05) is 17.8 Å². The Morgan fingerprint density at radius 1 is 1.00 bits per heavy atom. The normalized spacial score (nSPS) is 12.4. The second-order valence-corrected chi connectivity index (χ2v) is 6.95. The number of ether oxygens (including phenoxy) is 3. The molecule has 7 heteroatoms. The lowest BCUT2D eigenvalue weighted by atomic mass is 9.95. The SMILES string of the molecule is COC(=O)c1c(N=Nc2ccccc2)c(C)n2c1-c1cc(OC)c(OC)cc1CC2. The first-order chi connectivity index (χ1) is 14.6. The Balaban J connectivity index is 1.94. The van der Waals surface area contributed by atoms with Crippen LogP contribution < -0.4 is 9.47 Å². The molecule has 0 saturated carbocycles. The van der Waals surface area contributed by atoms with Gasteiger partial charge in [0.15, 0.2) is 11.5 Å². The number of hydrogen-bond acceptors (Lipinski definition) is 6. The average molecular weight is 405 g/mol. The van der Waals surface area contributed by atoms with Gasteiger partial charge in [0.2, 0.25) is 0 Å². The standard InChI is InChI=1S/C23H23N3O4/c1-14-21(25-24-16-8-6-5-7-9-16)20(23(27)30-4)22-17-13-19(29-3)18(28-2)12-15(17)10-11-26(14)22/h5-9,12-13H,10-11H2,1-4H3. The first-order valence-corrected chi connectivity index (χ1v) is 9.62. The Hall–Kier alpha value is -3.61. The summed E-state index contributed by atoms with van der Waals surface area (Å²) in [5.41, 5.74) is 5.25. The summed E-state index contributed by atoms with van der Waals surface area (Å²) in [6.45, 7) is 2.66. The molecule has 0 atom stereocenters. The molecule has 154 valence electrons. The maximum absolute atomic E-state index is 12.8. The molecule has 0 saturated heterocycles. The Bertz CT molecular complexity index is 1130. The van der Waals surface area contributed by atoms with Crippen molar-refractivity contribution in [2.75, 3.05) is 21.3 Å². The van der Waals surface area contributed by atoms with Crippen LogP contribution in [-0.2, 0) is 17.7 Å². The number of aryl methyl sites for hydroxylation is 1. The molecular weight excluding hydrogens is 382 g/mol. The van der Waals surface area contributed by atoms with Crippen LogP contribution >= 0.6 is 0 Å². The summed E-state index contributed by atoms with van der Waals surface area (Å²) in [4.78, 5) is 12.8. The minimum atomic E-state index is -0.448. The lowest BCUT2D eigenvalue weighted by Crippen LogP contribution is -2.14. The van der Waals surface area contributed by atoms with Gasteiger partial charge in [-0.25, -0.2) is 4.79 Å². The summed E-state index contributed by atoms with van der Waals surface area (Å²) < 4.78 is 18.2. The molecule has 1 aliphatic heterocycles. The van der Waals surface area contributed by atoms with Crippen LogP contribution in [0.25, 0.3) is 11.3 Å². The van der Waals surface area contributed by atoms with E-state index in [1.165, 1.54) is 7.11 Å². The van der Waals surface area contributed by atoms with Crippen molar-refractivity contribution in [1.29, 1.82) is 0 Å². The van der Waals surface area contributed by atoms with Gasteiger partial charge >= 0.3 is 5.97 Å². The number of carbonyl (C=O) groups excluding carboxylic acids is 1. The van der Waals surface area contributed by atoms with Crippen molar-refractivity contribution in [3.05, 3.63) is 59.3 Å². The van der Waals surface area contributed by atoms with Crippen molar-refractivity contribution in [1.82, 2.24) is 4.57 Å². The van der Waals surface area contributed by atoms with E-state index in [0.717, 1.165) is 28.9 Å². The quantitative estimate of drug-likeness (QED) is 0.430. The van der Waals surface area contributed by atoms with Crippen molar-refractivity contribution >= 4 is 17.3 Å². The number of fused-ring (bicyclic) bond motifs is 3. The van der Waals surface area contributed by atoms with Crippen LogP contribution in [0, 0.1) is 6.92 Å². The van der Waals surface area contributed by atoms with Crippen LogP contribution in [0.2, 0.25) is 0 Å². The molecular formula is C23H23N3O4. The maximum atomic E-state index is 12.8. The van der Waals surface area contributed by atoms with Gasteiger partial charge in [0.05, 0.1) is 32.7 Å². The molecule has 0 amide bonds. The molecule has 0 fully saturated rings. The molecule has 3 aromatic rings. The third-order valence-corrected chi connectivity index (χ3v) is 5.37. The maximum Gasteiger partial charge on any atom is 0.342 e. The zero-order chi connectivity index (χ0) is 21.3. The summed E-state index contributed by atoms with van der Waals surface area (Å²) in [7, 11) is 4.58. The first kappa shape index (κ1) is 19.7. The second-order valence-electron chi connectivity index (χ2n) is 6.95. The van der Waals surface area contributed by atoms with Gasteiger partial charge in [-0.1, -0.05) is 18.2 Å². The number of azo groups is 1. The van der Waals surface area contributed by atoms with E-state index in [1.54, 1.807) is 14.2 Å². The van der Waals surface area contributed by atoms with Gasteiger partial charge in [-0.2, -0.15) is 5.11 Å². The van der Waals surface area contributed by atoms with Crippen LogP contribution in [-0.4, -0.2) is 31.9 Å². The molecule has 1 aromatic heterocycles. The summed E-state index contributed by atoms with van der Waals surface area (Å²) in [5.74, 6) is 0.819. The molecule has 0 unspecified atom stereocenters. The van der Waals surface area contributed by atoms with Crippen LogP contribution in [0.1, 0.15) is 21.6 Å². The first-order valence-electron chi connectivity index (χ1n) is 9.62. The van der Waals surface area contributed by atoms with Crippen molar-refractivity contribution in [3.8, 4) is 22.8 Å². The summed E-state index contributed by atoms with van der Waals surface area (Å²) in [6, 6.07) is 13.3. The van der Waals surface area contributed by atoms with Gasteiger partial charge in [0.25, 0.3) is 0 Å². The van der Waals surface area contributed by atoms with Gasteiger partial charge in [0.1, 0.15) is 11.3 Å². The number of esters is 1. The molecule has 0 N–H and O–H groups in total. The minimum absolute atomic E-state index is 0.405. The van der Waals surface area contributed by atoms with E-state index in [-0.39, 0.29) is 0 Å². The Morgan fingerprint density at radius 2 is 1.70 bits per heavy atom. The zero-order valence-corrected chi connectivity index (χ0v) is 17.4. The van der Waals surface area contributed by atoms with Gasteiger partial charge in [-0.3, -0.25) is 0 Å². The number of aromatic nitrogens is 1. The second kappa shape index (κ2) is 8.02. The van der Waals surface area contributed by atoms with E-state index in [4.69, 9.17) is 14.2 Å². The predicted octanol–water partition coefficient (Wildman–Crippen LogP) is 5.24. The lowest BCUT2D eigenvalue weighted by molar-refractivity contribution is 0.0602. The molecule has 0 aliphatic carbocycles.